The quantitative estimate of drug-likeness (QED) is 0.663. The summed E-state index contributed by atoms with van der Waals surface area (Å²) in [5.74, 6) is 1.27. The fourth-order valence-corrected chi connectivity index (χ4v) is 1.49. The molecule has 0 amide bonds. The van der Waals surface area contributed by atoms with Crippen LogP contribution in [0.4, 0.5) is 0 Å². The second-order valence-corrected chi connectivity index (χ2v) is 5.07. The molecule has 0 aliphatic carbocycles. The minimum Gasteiger partial charge on any atom is -0.395 e. The highest BCUT2D eigenvalue weighted by Gasteiger charge is 2.14. The van der Waals surface area contributed by atoms with Crippen LogP contribution >= 0.6 is 0 Å². The molecular formula is C12H27NO. The Bertz CT molecular complexity index is 134. The van der Waals surface area contributed by atoms with Gasteiger partial charge >= 0.3 is 0 Å². The Labute approximate surface area is 89.1 Å². The molecule has 0 aromatic heterocycles. The number of hydrogen-bond donors (Lipinski definition) is 2. The van der Waals surface area contributed by atoms with E-state index < -0.39 is 0 Å². The van der Waals surface area contributed by atoms with Crippen LogP contribution in [0.5, 0.6) is 0 Å². The van der Waals surface area contributed by atoms with Crippen LogP contribution in [0.1, 0.15) is 47.5 Å². The van der Waals surface area contributed by atoms with E-state index in [0.29, 0.717) is 12.0 Å². The summed E-state index contributed by atoms with van der Waals surface area (Å²) < 4.78 is 0. The summed E-state index contributed by atoms with van der Waals surface area (Å²) in [5.41, 5.74) is 0. The van der Waals surface area contributed by atoms with Gasteiger partial charge in [0.15, 0.2) is 0 Å². The van der Waals surface area contributed by atoms with Crippen LogP contribution in [0.15, 0.2) is 0 Å². The largest absolute Gasteiger partial charge is 0.395 e. The highest BCUT2D eigenvalue weighted by molar-refractivity contribution is 4.73. The molecule has 0 bridgehead atoms. The second kappa shape index (κ2) is 7.24. The molecule has 0 saturated heterocycles. The molecule has 2 heteroatoms. The molecule has 14 heavy (non-hydrogen) atoms. The lowest BCUT2D eigenvalue weighted by Crippen LogP contribution is -2.42. The zero-order chi connectivity index (χ0) is 11.1. The van der Waals surface area contributed by atoms with Crippen LogP contribution < -0.4 is 5.32 Å². The Kier molecular flexibility index (Phi) is 7.20. The first-order valence-electron chi connectivity index (χ1n) is 5.84. The lowest BCUT2D eigenvalue weighted by molar-refractivity contribution is 0.198. The molecule has 2 N–H and O–H groups in total. The molecule has 0 rings (SSSR count). The van der Waals surface area contributed by atoms with Gasteiger partial charge in [0, 0.05) is 12.1 Å². The highest BCUT2D eigenvalue weighted by atomic mass is 16.3. The molecule has 0 fully saturated rings. The van der Waals surface area contributed by atoms with Gasteiger partial charge in [-0.15, -0.1) is 0 Å². The van der Waals surface area contributed by atoms with Gasteiger partial charge in [0.05, 0.1) is 6.61 Å². The van der Waals surface area contributed by atoms with Crippen molar-refractivity contribution in [1.29, 1.82) is 0 Å². The van der Waals surface area contributed by atoms with Gasteiger partial charge in [-0.3, -0.25) is 0 Å². The molecule has 0 aliphatic heterocycles. The maximum atomic E-state index is 9.16. The second-order valence-electron chi connectivity index (χ2n) is 5.07. The fraction of sp³-hybridized carbons (Fsp3) is 1.00. The van der Waals surface area contributed by atoms with Crippen molar-refractivity contribution in [3.63, 3.8) is 0 Å². The third kappa shape index (κ3) is 6.39. The van der Waals surface area contributed by atoms with E-state index in [9.17, 15) is 0 Å². The van der Waals surface area contributed by atoms with Crippen LogP contribution in [-0.4, -0.2) is 23.8 Å². The predicted octanol–water partition coefficient (Wildman–Crippen LogP) is 2.42. The normalized spacial score (nSPS) is 16.3. The third-order valence-electron chi connectivity index (χ3n) is 2.68. The summed E-state index contributed by atoms with van der Waals surface area (Å²) in [6.07, 6.45) is 2.45. The average molecular weight is 201 g/mol. The molecule has 0 radical (unpaired) electrons. The van der Waals surface area contributed by atoms with Crippen molar-refractivity contribution in [3.8, 4) is 0 Å². The summed E-state index contributed by atoms with van der Waals surface area (Å²) in [7, 11) is 0. The van der Waals surface area contributed by atoms with Crippen molar-refractivity contribution in [2.75, 3.05) is 6.61 Å². The maximum absolute atomic E-state index is 9.16. The van der Waals surface area contributed by atoms with Crippen molar-refractivity contribution in [2.24, 2.45) is 11.8 Å². The molecule has 2 atom stereocenters. The first-order chi connectivity index (χ1) is 6.47. The van der Waals surface area contributed by atoms with E-state index in [2.05, 4.69) is 39.9 Å². The van der Waals surface area contributed by atoms with E-state index >= 15 is 0 Å². The van der Waals surface area contributed by atoms with Crippen LogP contribution in [0.25, 0.3) is 0 Å². The van der Waals surface area contributed by atoms with Crippen LogP contribution in [-0.2, 0) is 0 Å². The van der Waals surface area contributed by atoms with Gasteiger partial charge in [-0.1, -0.05) is 27.7 Å². The number of aliphatic hydroxyl groups excluding tert-OH is 1. The highest BCUT2D eigenvalue weighted by Crippen LogP contribution is 2.09. The van der Waals surface area contributed by atoms with Crippen molar-refractivity contribution in [2.45, 2.75) is 59.5 Å². The minimum absolute atomic E-state index is 0.240. The van der Waals surface area contributed by atoms with E-state index in [1.807, 2.05) is 0 Å². The molecule has 1 unspecified atom stereocenters. The maximum Gasteiger partial charge on any atom is 0.0587 e. The van der Waals surface area contributed by atoms with Gasteiger partial charge in [-0.2, -0.15) is 0 Å². The first kappa shape index (κ1) is 13.9. The van der Waals surface area contributed by atoms with Gasteiger partial charge in [-0.05, 0) is 31.6 Å². The van der Waals surface area contributed by atoms with Gasteiger partial charge < -0.3 is 10.4 Å². The molecule has 0 aliphatic rings. The summed E-state index contributed by atoms with van der Waals surface area (Å²) in [4.78, 5) is 0. The van der Waals surface area contributed by atoms with Gasteiger partial charge in [0.2, 0.25) is 0 Å². The Hall–Kier alpha value is -0.0800. The molecular weight excluding hydrogens is 174 g/mol. The zero-order valence-electron chi connectivity index (χ0n) is 10.4. The molecule has 2 nitrogen and oxygen atoms in total. The van der Waals surface area contributed by atoms with Crippen molar-refractivity contribution in [1.82, 2.24) is 5.32 Å². The molecule has 0 heterocycles. The molecule has 0 spiro atoms. The predicted molar refractivity (Wildman–Crippen MR) is 62.4 cm³/mol. The summed E-state index contributed by atoms with van der Waals surface area (Å²) >= 11 is 0. The standard InChI is InChI=1S/C12H27NO/c1-9(2)6-7-11(5)13-12(8-14)10(3)4/h9-14H,6-8H2,1-5H3/t11?,12-/m1/s1. The SMILES string of the molecule is CC(C)CCC(C)N[C@H](CO)C(C)C. The minimum atomic E-state index is 0.240. The number of aliphatic hydroxyl groups is 1. The van der Waals surface area contributed by atoms with Crippen LogP contribution in [0.3, 0.4) is 0 Å². The third-order valence-corrected chi connectivity index (χ3v) is 2.68. The fourth-order valence-electron chi connectivity index (χ4n) is 1.49. The van der Waals surface area contributed by atoms with Gasteiger partial charge in [0.1, 0.15) is 0 Å². The van der Waals surface area contributed by atoms with Gasteiger partial charge in [0.25, 0.3) is 0 Å². The van der Waals surface area contributed by atoms with Gasteiger partial charge in [-0.25, -0.2) is 0 Å². The topological polar surface area (TPSA) is 32.3 Å². The molecule has 0 saturated carbocycles. The monoisotopic (exact) mass is 201 g/mol. The smallest absolute Gasteiger partial charge is 0.0587 e. The number of rotatable bonds is 7. The van der Waals surface area contributed by atoms with E-state index in [0.717, 1.165) is 5.92 Å². The summed E-state index contributed by atoms with van der Waals surface area (Å²) in [5, 5.41) is 12.6. The molecule has 86 valence electrons. The van der Waals surface area contributed by atoms with E-state index in [1.54, 1.807) is 0 Å². The Morgan fingerprint density at radius 1 is 1.00 bits per heavy atom. The lowest BCUT2D eigenvalue weighted by Gasteiger charge is -2.25. The van der Waals surface area contributed by atoms with E-state index in [4.69, 9.17) is 5.11 Å². The van der Waals surface area contributed by atoms with Crippen LogP contribution in [0.2, 0.25) is 0 Å². The molecule has 0 aromatic carbocycles. The van der Waals surface area contributed by atoms with Crippen LogP contribution in [0, 0.1) is 11.8 Å². The van der Waals surface area contributed by atoms with E-state index in [1.165, 1.54) is 12.8 Å². The Balaban J connectivity index is 3.73. The summed E-state index contributed by atoms with van der Waals surface area (Å²) in [6, 6.07) is 0.758. The van der Waals surface area contributed by atoms with E-state index in [-0.39, 0.29) is 12.6 Å². The number of nitrogens with one attached hydrogen (secondary N) is 1. The van der Waals surface area contributed by atoms with Crippen molar-refractivity contribution in [3.05, 3.63) is 0 Å². The van der Waals surface area contributed by atoms with Crippen molar-refractivity contribution >= 4 is 0 Å². The number of hydrogen-bond acceptors (Lipinski definition) is 2. The average Bonchev–Trinajstić information content (AvgIpc) is 2.10. The first-order valence-corrected chi connectivity index (χ1v) is 5.84. The Morgan fingerprint density at radius 3 is 1.93 bits per heavy atom. The summed E-state index contributed by atoms with van der Waals surface area (Å²) in [6.45, 7) is 11.2. The zero-order valence-corrected chi connectivity index (χ0v) is 10.4. The lowest BCUT2D eigenvalue weighted by atomic mass is 10.0. The Morgan fingerprint density at radius 2 is 1.57 bits per heavy atom. The van der Waals surface area contributed by atoms with Crippen molar-refractivity contribution < 1.29 is 5.11 Å². The molecule has 0 aromatic rings.